The highest BCUT2D eigenvalue weighted by Gasteiger charge is 2.46. The molecular weight excluding hydrogens is 172 g/mol. The SMILES string of the molecule is CC(C)C1OCC(C2CC2)C1C(C)C. The fourth-order valence-electron chi connectivity index (χ4n) is 3.17. The number of hydrogen-bond acceptors (Lipinski definition) is 1. The minimum atomic E-state index is 0.528. The third-order valence-corrected chi connectivity index (χ3v) is 4.01. The van der Waals surface area contributed by atoms with Gasteiger partial charge < -0.3 is 4.74 Å². The van der Waals surface area contributed by atoms with Crippen molar-refractivity contribution in [2.75, 3.05) is 6.61 Å². The van der Waals surface area contributed by atoms with E-state index in [4.69, 9.17) is 4.74 Å². The first-order valence-corrected chi connectivity index (χ1v) is 6.23. The van der Waals surface area contributed by atoms with Crippen molar-refractivity contribution in [1.29, 1.82) is 0 Å². The molecule has 2 aliphatic rings. The Morgan fingerprint density at radius 3 is 2.07 bits per heavy atom. The molecule has 1 saturated carbocycles. The molecule has 0 bridgehead atoms. The lowest BCUT2D eigenvalue weighted by Gasteiger charge is -2.28. The first kappa shape index (κ1) is 10.5. The van der Waals surface area contributed by atoms with Gasteiger partial charge in [-0.15, -0.1) is 0 Å². The molecule has 1 heterocycles. The first-order valence-electron chi connectivity index (χ1n) is 6.23. The molecule has 0 N–H and O–H groups in total. The fraction of sp³-hybridized carbons (Fsp3) is 1.00. The smallest absolute Gasteiger partial charge is 0.0632 e. The molecule has 1 aliphatic carbocycles. The Balaban J connectivity index is 2.06. The van der Waals surface area contributed by atoms with Gasteiger partial charge in [-0.3, -0.25) is 0 Å². The largest absolute Gasteiger partial charge is 0.377 e. The molecule has 0 amide bonds. The maximum atomic E-state index is 6.00. The van der Waals surface area contributed by atoms with Gasteiger partial charge in [0.2, 0.25) is 0 Å². The van der Waals surface area contributed by atoms with Crippen LogP contribution in [0.4, 0.5) is 0 Å². The van der Waals surface area contributed by atoms with E-state index in [9.17, 15) is 0 Å². The van der Waals surface area contributed by atoms with Crippen molar-refractivity contribution < 1.29 is 4.74 Å². The second kappa shape index (κ2) is 3.84. The highest BCUT2D eigenvalue weighted by molar-refractivity contribution is 4.94. The molecule has 2 fully saturated rings. The third kappa shape index (κ3) is 1.84. The van der Waals surface area contributed by atoms with E-state index in [1.54, 1.807) is 0 Å². The third-order valence-electron chi connectivity index (χ3n) is 4.01. The Morgan fingerprint density at radius 1 is 1.00 bits per heavy atom. The van der Waals surface area contributed by atoms with Gasteiger partial charge in [0.1, 0.15) is 0 Å². The van der Waals surface area contributed by atoms with Crippen LogP contribution in [-0.2, 0) is 4.74 Å². The number of ether oxygens (including phenoxy) is 1. The van der Waals surface area contributed by atoms with Gasteiger partial charge in [0, 0.05) is 0 Å². The molecule has 82 valence electrons. The lowest BCUT2D eigenvalue weighted by Crippen LogP contribution is -2.30. The highest BCUT2D eigenvalue weighted by Crippen LogP contribution is 2.48. The summed E-state index contributed by atoms with van der Waals surface area (Å²) in [5.41, 5.74) is 0. The molecular formula is C13H24O. The van der Waals surface area contributed by atoms with Crippen LogP contribution >= 0.6 is 0 Å². The van der Waals surface area contributed by atoms with Crippen LogP contribution in [0, 0.1) is 29.6 Å². The molecule has 3 unspecified atom stereocenters. The Hall–Kier alpha value is -0.0400. The molecule has 1 heteroatoms. The second-order valence-electron chi connectivity index (χ2n) is 5.86. The Labute approximate surface area is 88.2 Å². The first-order chi connectivity index (χ1) is 6.61. The normalized spacial score (nSPS) is 38.6. The Kier molecular flexibility index (Phi) is 2.88. The van der Waals surface area contributed by atoms with Crippen LogP contribution in [0.15, 0.2) is 0 Å². The maximum absolute atomic E-state index is 6.00. The van der Waals surface area contributed by atoms with E-state index < -0.39 is 0 Å². The summed E-state index contributed by atoms with van der Waals surface area (Å²) in [5.74, 6) is 4.18. The van der Waals surface area contributed by atoms with Gasteiger partial charge in [-0.25, -0.2) is 0 Å². The zero-order valence-corrected chi connectivity index (χ0v) is 9.99. The van der Waals surface area contributed by atoms with Crippen molar-refractivity contribution in [2.24, 2.45) is 29.6 Å². The van der Waals surface area contributed by atoms with Gasteiger partial charge in [0.05, 0.1) is 12.7 Å². The number of hydrogen-bond donors (Lipinski definition) is 0. The average Bonchev–Trinajstić information content (AvgIpc) is 2.83. The highest BCUT2D eigenvalue weighted by atomic mass is 16.5. The summed E-state index contributed by atoms with van der Waals surface area (Å²) in [4.78, 5) is 0. The lowest BCUT2D eigenvalue weighted by atomic mass is 9.76. The van der Waals surface area contributed by atoms with Crippen LogP contribution in [-0.4, -0.2) is 12.7 Å². The second-order valence-corrected chi connectivity index (χ2v) is 5.86. The zero-order chi connectivity index (χ0) is 10.3. The summed E-state index contributed by atoms with van der Waals surface area (Å²) >= 11 is 0. The van der Waals surface area contributed by atoms with Gasteiger partial charge in [-0.2, -0.15) is 0 Å². The zero-order valence-electron chi connectivity index (χ0n) is 9.99. The van der Waals surface area contributed by atoms with Crippen LogP contribution < -0.4 is 0 Å². The summed E-state index contributed by atoms with van der Waals surface area (Å²) in [6, 6.07) is 0. The van der Waals surface area contributed by atoms with E-state index in [0.29, 0.717) is 12.0 Å². The molecule has 0 radical (unpaired) electrons. The Morgan fingerprint density at radius 2 is 1.64 bits per heavy atom. The molecule has 2 rings (SSSR count). The van der Waals surface area contributed by atoms with Crippen molar-refractivity contribution in [3.8, 4) is 0 Å². The maximum Gasteiger partial charge on any atom is 0.0632 e. The van der Waals surface area contributed by atoms with Crippen molar-refractivity contribution in [2.45, 2.75) is 46.6 Å². The van der Waals surface area contributed by atoms with Crippen LogP contribution in [0.3, 0.4) is 0 Å². The van der Waals surface area contributed by atoms with Crippen molar-refractivity contribution >= 4 is 0 Å². The van der Waals surface area contributed by atoms with Gasteiger partial charge in [0.15, 0.2) is 0 Å². The Bertz CT molecular complexity index is 183. The molecule has 14 heavy (non-hydrogen) atoms. The van der Waals surface area contributed by atoms with Crippen molar-refractivity contribution in [3.63, 3.8) is 0 Å². The minimum Gasteiger partial charge on any atom is -0.377 e. The van der Waals surface area contributed by atoms with E-state index in [2.05, 4.69) is 27.7 Å². The number of rotatable bonds is 3. The summed E-state index contributed by atoms with van der Waals surface area (Å²) in [6.07, 6.45) is 3.45. The van der Waals surface area contributed by atoms with Crippen LogP contribution in [0.25, 0.3) is 0 Å². The van der Waals surface area contributed by atoms with E-state index in [0.717, 1.165) is 30.3 Å². The summed E-state index contributed by atoms with van der Waals surface area (Å²) in [6.45, 7) is 10.4. The molecule has 1 saturated heterocycles. The molecule has 0 aromatic carbocycles. The molecule has 3 atom stereocenters. The lowest BCUT2D eigenvalue weighted by molar-refractivity contribution is 0.0434. The van der Waals surface area contributed by atoms with E-state index in [1.807, 2.05) is 0 Å². The molecule has 1 nitrogen and oxygen atoms in total. The van der Waals surface area contributed by atoms with E-state index in [1.165, 1.54) is 12.8 Å². The van der Waals surface area contributed by atoms with E-state index in [-0.39, 0.29) is 0 Å². The van der Waals surface area contributed by atoms with Crippen molar-refractivity contribution in [1.82, 2.24) is 0 Å². The average molecular weight is 196 g/mol. The minimum absolute atomic E-state index is 0.528. The molecule has 1 aliphatic heterocycles. The predicted molar refractivity (Wildman–Crippen MR) is 59.1 cm³/mol. The summed E-state index contributed by atoms with van der Waals surface area (Å²) in [5, 5.41) is 0. The molecule has 0 aromatic heterocycles. The summed E-state index contributed by atoms with van der Waals surface area (Å²) in [7, 11) is 0. The standard InChI is InChI=1S/C13H24O/c1-8(2)12-11(10-5-6-10)7-14-13(12)9(3)4/h8-13H,5-7H2,1-4H3. The van der Waals surface area contributed by atoms with Gasteiger partial charge >= 0.3 is 0 Å². The van der Waals surface area contributed by atoms with Crippen LogP contribution in [0.1, 0.15) is 40.5 Å². The summed E-state index contributed by atoms with van der Waals surface area (Å²) < 4.78 is 6.00. The quantitative estimate of drug-likeness (QED) is 0.672. The predicted octanol–water partition coefficient (Wildman–Crippen LogP) is 3.34. The molecule has 0 spiro atoms. The van der Waals surface area contributed by atoms with Gasteiger partial charge in [-0.05, 0) is 42.4 Å². The molecule has 0 aromatic rings. The van der Waals surface area contributed by atoms with Crippen LogP contribution in [0.2, 0.25) is 0 Å². The fourth-order valence-corrected chi connectivity index (χ4v) is 3.17. The monoisotopic (exact) mass is 196 g/mol. The van der Waals surface area contributed by atoms with Gasteiger partial charge in [0.25, 0.3) is 0 Å². The van der Waals surface area contributed by atoms with Crippen LogP contribution in [0.5, 0.6) is 0 Å². The van der Waals surface area contributed by atoms with E-state index >= 15 is 0 Å². The topological polar surface area (TPSA) is 9.23 Å². The van der Waals surface area contributed by atoms with Gasteiger partial charge in [-0.1, -0.05) is 27.7 Å². The van der Waals surface area contributed by atoms with Crippen molar-refractivity contribution in [3.05, 3.63) is 0 Å².